The maximum atomic E-state index is 11.9. The number of unbranched alkanes of at least 4 members (excludes halogenated alkanes) is 14. The zero-order valence-electron chi connectivity index (χ0n) is 20.5. The summed E-state index contributed by atoms with van der Waals surface area (Å²) < 4.78 is 12.1. The van der Waals surface area contributed by atoms with Crippen LogP contribution in [0.5, 0.6) is 0 Å². The number of rotatable bonds is 22. The van der Waals surface area contributed by atoms with E-state index in [1.54, 1.807) is 0 Å². The van der Waals surface area contributed by atoms with Crippen molar-refractivity contribution in [1.82, 2.24) is 0 Å². The Kier molecular flexibility index (Phi) is 23.9. The molecule has 0 aromatic carbocycles. The van der Waals surface area contributed by atoms with E-state index < -0.39 is 0 Å². The van der Waals surface area contributed by atoms with Crippen molar-refractivity contribution >= 4 is 50.5 Å². The molecule has 0 aromatic heterocycles. The van der Waals surface area contributed by atoms with Crippen LogP contribution in [0.3, 0.4) is 0 Å². The van der Waals surface area contributed by atoms with Crippen molar-refractivity contribution in [1.29, 1.82) is 0 Å². The van der Waals surface area contributed by atoms with Crippen molar-refractivity contribution in [3.05, 3.63) is 8.06 Å². The van der Waals surface area contributed by atoms with Gasteiger partial charge in [-0.05, 0) is 35.4 Å². The largest absolute Gasteiger partial charge is 0.460 e. The van der Waals surface area contributed by atoms with Gasteiger partial charge in [0.15, 0.2) is 0 Å². The first-order valence-electron chi connectivity index (χ1n) is 12.9. The van der Waals surface area contributed by atoms with Gasteiger partial charge < -0.3 is 9.47 Å². The Bertz CT molecular complexity index is 508. The molecule has 0 saturated carbocycles. The van der Waals surface area contributed by atoms with E-state index in [1.165, 1.54) is 83.5 Å². The molecule has 0 aliphatic carbocycles. The molecule has 0 radical (unpaired) electrons. The quantitative estimate of drug-likeness (QED) is 0.0681. The summed E-state index contributed by atoms with van der Waals surface area (Å²) in [5.41, 5.74) is 0. The second kappa shape index (κ2) is 24.0. The van der Waals surface area contributed by atoms with Crippen LogP contribution in [0.1, 0.15) is 129 Å². The average Bonchev–Trinajstić information content (AvgIpc) is 2.78. The summed E-state index contributed by atoms with van der Waals surface area (Å²) in [5.74, 6) is -0.365. The van der Waals surface area contributed by atoms with Crippen molar-refractivity contribution in [3.63, 3.8) is 0 Å². The minimum Gasteiger partial charge on any atom is -0.460 e. The summed E-state index contributed by atoms with van der Waals surface area (Å²) in [7, 11) is 0. The van der Waals surface area contributed by atoms with E-state index in [4.69, 9.17) is 9.47 Å². The van der Waals surface area contributed by atoms with E-state index in [9.17, 15) is 9.59 Å². The molecule has 6 heteroatoms. The monoisotopic (exact) mass is 628 g/mol. The van der Waals surface area contributed by atoms with Crippen molar-refractivity contribution in [3.8, 4) is 0 Å². The van der Waals surface area contributed by atoms with Crippen LogP contribution in [0, 0.1) is 0 Å². The molecule has 4 nitrogen and oxygen atoms in total. The van der Waals surface area contributed by atoms with Crippen LogP contribution in [0.2, 0.25) is 0 Å². The van der Waals surface area contributed by atoms with Crippen LogP contribution in [0.4, 0.5) is 0 Å². The van der Waals surface area contributed by atoms with Crippen LogP contribution in [-0.4, -0.2) is 25.2 Å². The van der Waals surface area contributed by atoms with Gasteiger partial charge in [-0.15, -0.1) is 0 Å². The first-order chi connectivity index (χ1) is 15.5. The third-order valence-corrected chi connectivity index (χ3v) is 7.86. The summed E-state index contributed by atoms with van der Waals surface area (Å²) in [6.07, 6.45) is 21.4. The third-order valence-electron chi connectivity index (χ3n) is 5.45. The van der Waals surface area contributed by atoms with E-state index in [0.717, 1.165) is 27.3 Å². The molecule has 0 aliphatic heterocycles. The molecule has 0 aromatic rings. The summed E-state index contributed by atoms with van der Waals surface area (Å²) in [5, 5.41) is 0. The number of hydrogen-bond acceptors (Lipinski definition) is 4. The van der Waals surface area contributed by atoms with Gasteiger partial charge in [0.2, 0.25) is 0 Å². The number of ether oxygens (including phenoxy) is 2. The Morgan fingerprint density at radius 2 is 1.00 bits per heavy atom. The first-order valence-corrected chi connectivity index (χ1v) is 14.7. The number of hydrogen-bond donors (Lipinski definition) is 0. The average molecular weight is 629 g/mol. The molecule has 0 bridgehead atoms. The van der Waals surface area contributed by atoms with Crippen molar-refractivity contribution in [2.45, 2.75) is 129 Å². The molecular weight excluding hydrogens is 583 g/mol. The SMILES string of the molecule is CCCCCCCCCCCCCCCCCC(=O)OC/C(I)=C(\Br)COC(=O)CCC. The van der Waals surface area contributed by atoms with Crippen LogP contribution < -0.4 is 0 Å². The Balaban J connectivity index is 3.51. The molecule has 0 N–H and O–H groups in total. The highest BCUT2D eigenvalue weighted by molar-refractivity contribution is 14.1. The lowest BCUT2D eigenvalue weighted by molar-refractivity contribution is -0.143. The van der Waals surface area contributed by atoms with E-state index in [2.05, 4.69) is 45.4 Å². The van der Waals surface area contributed by atoms with Crippen LogP contribution >= 0.6 is 38.5 Å². The Morgan fingerprint density at radius 3 is 1.47 bits per heavy atom. The highest BCUT2D eigenvalue weighted by atomic mass is 127. The Morgan fingerprint density at radius 1 is 0.594 bits per heavy atom. The van der Waals surface area contributed by atoms with Crippen molar-refractivity contribution < 1.29 is 19.1 Å². The standard InChI is InChI=1S/C26H46BrIO4/c1-3-5-6-7-8-9-10-11-12-13-14-15-16-17-18-20-26(30)32-22-24(28)23(27)21-31-25(29)19-4-2/h3-22H2,1-2H3/b24-23+. The van der Waals surface area contributed by atoms with Gasteiger partial charge in [0.1, 0.15) is 13.2 Å². The molecule has 0 heterocycles. The summed E-state index contributed by atoms with van der Waals surface area (Å²) in [6.45, 7) is 4.62. The predicted molar refractivity (Wildman–Crippen MR) is 146 cm³/mol. The van der Waals surface area contributed by atoms with Gasteiger partial charge >= 0.3 is 11.9 Å². The van der Waals surface area contributed by atoms with Gasteiger partial charge in [0, 0.05) is 20.9 Å². The molecule has 188 valence electrons. The zero-order chi connectivity index (χ0) is 23.9. The first kappa shape index (κ1) is 31.9. The topological polar surface area (TPSA) is 52.6 Å². The van der Waals surface area contributed by atoms with Gasteiger partial charge in [-0.3, -0.25) is 9.59 Å². The predicted octanol–water partition coefficient (Wildman–Crippen LogP) is 9.18. The number of esters is 2. The second-order valence-electron chi connectivity index (χ2n) is 8.58. The fourth-order valence-corrected chi connectivity index (χ4v) is 3.97. The van der Waals surface area contributed by atoms with Crippen LogP contribution in [-0.2, 0) is 19.1 Å². The van der Waals surface area contributed by atoms with E-state index in [0.29, 0.717) is 12.8 Å². The number of carbonyl (C=O) groups is 2. The lowest BCUT2D eigenvalue weighted by atomic mass is 10.0. The number of carbonyl (C=O) groups excluding carboxylic acids is 2. The highest BCUT2D eigenvalue weighted by Crippen LogP contribution is 2.20. The highest BCUT2D eigenvalue weighted by Gasteiger charge is 2.09. The zero-order valence-corrected chi connectivity index (χ0v) is 24.3. The lowest BCUT2D eigenvalue weighted by Gasteiger charge is -2.08. The van der Waals surface area contributed by atoms with E-state index in [1.807, 2.05) is 6.92 Å². The molecule has 0 fully saturated rings. The van der Waals surface area contributed by atoms with E-state index >= 15 is 0 Å². The van der Waals surface area contributed by atoms with Gasteiger partial charge in [-0.25, -0.2) is 0 Å². The van der Waals surface area contributed by atoms with Gasteiger partial charge in [0.05, 0.1) is 0 Å². The maximum Gasteiger partial charge on any atom is 0.306 e. The van der Waals surface area contributed by atoms with Crippen molar-refractivity contribution in [2.75, 3.05) is 13.2 Å². The molecule has 0 atom stereocenters. The Hall–Kier alpha value is -0.110. The van der Waals surface area contributed by atoms with Gasteiger partial charge in [-0.2, -0.15) is 0 Å². The van der Waals surface area contributed by atoms with Crippen LogP contribution in [0.15, 0.2) is 8.06 Å². The normalized spacial score (nSPS) is 11.9. The minimum absolute atomic E-state index is 0.155. The molecular formula is C26H46BrIO4. The van der Waals surface area contributed by atoms with Gasteiger partial charge in [0.25, 0.3) is 0 Å². The Labute approximate surface area is 219 Å². The third kappa shape index (κ3) is 21.7. The van der Waals surface area contributed by atoms with Crippen molar-refractivity contribution in [2.24, 2.45) is 0 Å². The smallest absolute Gasteiger partial charge is 0.306 e. The van der Waals surface area contributed by atoms with Gasteiger partial charge in [-0.1, -0.05) is 120 Å². The summed E-state index contributed by atoms with van der Waals surface area (Å²) in [6, 6.07) is 0. The summed E-state index contributed by atoms with van der Waals surface area (Å²) >= 11 is 5.51. The molecule has 0 aliphatic rings. The molecule has 0 saturated heterocycles. The molecule has 32 heavy (non-hydrogen) atoms. The van der Waals surface area contributed by atoms with E-state index in [-0.39, 0.29) is 25.2 Å². The lowest BCUT2D eigenvalue weighted by Crippen LogP contribution is -2.09. The fraction of sp³-hybridized carbons (Fsp3) is 0.846. The molecule has 0 rings (SSSR count). The second-order valence-corrected chi connectivity index (χ2v) is 10.8. The fourth-order valence-electron chi connectivity index (χ4n) is 3.43. The summed E-state index contributed by atoms with van der Waals surface area (Å²) in [4.78, 5) is 23.3. The minimum atomic E-state index is -0.209. The molecule has 0 spiro atoms. The maximum absolute atomic E-state index is 11.9. The van der Waals surface area contributed by atoms with Crippen LogP contribution in [0.25, 0.3) is 0 Å². The molecule has 0 amide bonds. The number of halogens is 2. The molecule has 0 unspecified atom stereocenters.